The van der Waals surface area contributed by atoms with E-state index in [1.807, 2.05) is 0 Å². The molecule has 0 heterocycles. The molecule has 0 aliphatic rings. The average Bonchev–Trinajstić information content (AvgIpc) is 2.48. The van der Waals surface area contributed by atoms with E-state index in [1.54, 1.807) is 0 Å². The predicted molar refractivity (Wildman–Crippen MR) is 72.8 cm³/mol. The van der Waals surface area contributed by atoms with Crippen LogP contribution in [0.5, 0.6) is 5.75 Å². The van der Waals surface area contributed by atoms with Crippen molar-refractivity contribution in [2.24, 2.45) is 0 Å². The van der Waals surface area contributed by atoms with Crippen molar-refractivity contribution in [3.63, 3.8) is 0 Å². The zero-order chi connectivity index (χ0) is 17.2. The van der Waals surface area contributed by atoms with Gasteiger partial charge in [-0.3, -0.25) is 4.79 Å². The molecule has 0 unspecified atom stereocenters. The number of aromatic hydroxyl groups is 1. The molecule has 0 saturated heterocycles. The van der Waals surface area contributed by atoms with E-state index in [4.69, 9.17) is 0 Å². The number of hydrogen-bond donors (Lipinski definition) is 1. The molecule has 0 aliphatic heterocycles. The van der Waals surface area contributed by atoms with Gasteiger partial charge in [-0.15, -0.1) is 0 Å². The van der Waals surface area contributed by atoms with Gasteiger partial charge in [0.25, 0.3) is 0 Å². The fourth-order valence-corrected chi connectivity index (χ4v) is 1.78. The number of hydrogen-bond acceptors (Lipinski definition) is 2. The third-order valence-electron chi connectivity index (χ3n) is 2.97. The quantitative estimate of drug-likeness (QED) is 0.508. The summed E-state index contributed by atoms with van der Waals surface area (Å²) in [5, 5.41) is 9.42. The lowest BCUT2D eigenvalue weighted by molar-refractivity contribution is -0.137. The summed E-state index contributed by atoms with van der Waals surface area (Å²) in [7, 11) is 0. The molecule has 120 valence electrons. The van der Waals surface area contributed by atoms with Gasteiger partial charge in [-0.2, -0.15) is 13.2 Å². The fraction of sp³-hybridized carbons (Fsp3) is 0.0625. The number of phenols is 1. The van der Waals surface area contributed by atoms with E-state index in [0.717, 1.165) is 30.3 Å². The van der Waals surface area contributed by atoms with Crippen molar-refractivity contribution in [1.82, 2.24) is 0 Å². The van der Waals surface area contributed by atoms with Gasteiger partial charge in [0.05, 0.1) is 11.1 Å². The molecule has 0 fully saturated rings. The van der Waals surface area contributed by atoms with E-state index >= 15 is 0 Å². The van der Waals surface area contributed by atoms with Crippen molar-refractivity contribution in [2.75, 3.05) is 0 Å². The Morgan fingerprint density at radius 1 is 1.00 bits per heavy atom. The molecule has 0 bridgehead atoms. The Hall–Kier alpha value is -2.70. The first-order chi connectivity index (χ1) is 10.7. The Balaban J connectivity index is 2.20. The summed E-state index contributed by atoms with van der Waals surface area (Å²) in [5.41, 5.74) is -0.986. The molecule has 23 heavy (non-hydrogen) atoms. The first-order valence-electron chi connectivity index (χ1n) is 6.26. The van der Waals surface area contributed by atoms with Crippen molar-refractivity contribution >= 4 is 11.9 Å². The van der Waals surface area contributed by atoms with Crippen LogP contribution in [0.25, 0.3) is 6.08 Å². The maximum atomic E-state index is 13.1. The lowest BCUT2D eigenvalue weighted by atomic mass is 10.1. The number of alkyl halides is 3. The third-order valence-corrected chi connectivity index (χ3v) is 2.97. The average molecular weight is 328 g/mol. The Morgan fingerprint density at radius 3 is 2.13 bits per heavy atom. The SMILES string of the molecule is O=C(C=Cc1ccc(C(F)(F)F)cc1)c1cc(F)c(F)cc1O. The summed E-state index contributed by atoms with van der Waals surface area (Å²) in [5.74, 6) is -4.15. The lowest BCUT2D eigenvalue weighted by Crippen LogP contribution is -2.04. The second-order valence-corrected chi connectivity index (χ2v) is 4.60. The number of carbonyl (C=O) groups excluding carboxylic acids is 1. The van der Waals surface area contributed by atoms with E-state index in [9.17, 15) is 31.9 Å². The first-order valence-corrected chi connectivity index (χ1v) is 6.26. The summed E-state index contributed by atoms with van der Waals surface area (Å²) in [6, 6.07) is 5.01. The van der Waals surface area contributed by atoms with Crippen LogP contribution in [0.2, 0.25) is 0 Å². The topological polar surface area (TPSA) is 37.3 Å². The molecule has 0 radical (unpaired) electrons. The van der Waals surface area contributed by atoms with Gasteiger partial charge in [0.15, 0.2) is 17.4 Å². The van der Waals surface area contributed by atoms with Crippen LogP contribution in [-0.4, -0.2) is 10.9 Å². The maximum absolute atomic E-state index is 13.1. The van der Waals surface area contributed by atoms with E-state index < -0.39 is 40.5 Å². The second-order valence-electron chi connectivity index (χ2n) is 4.60. The molecule has 2 rings (SSSR count). The number of ketones is 1. The monoisotopic (exact) mass is 328 g/mol. The normalized spacial score (nSPS) is 11.9. The first kappa shape index (κ1) is 16.7. The zero-order valence-electron chi connectivity index (χ0n) is 11.4. The van der Waals surface area contributed by atoms with Crippen LogP contribution in [0, 0.1) is 11.6 Å². The smallest absolute Gasteiger partial charge is 0.416 e. The molecule has 0 atom stereocenters. The van der Waals surface area contributed by atoms with Gasteiger partial charge < -0.3 is 5.11 Å². The molecular weight excluding hydrogens is 319 g/mol. The molecule has 2 aromatic rings. The van der Waals surface area contributed by atoms with Gasteiger partial charge in [0, 0.05) is 6.07 Å². The minimum atomic E-state index is -4.46. The highest BCUT2D eigenvalue weighted by atomic mass is 19.4. The molecule has 2 aromatic carbocycles. The van der Waals surface area contributed by atoms with Crippen molar-refractivity contribution < 1.29 is 31.9 Å². The third kappa shape index (κ3) is 3.94. The van der Waals surface area contributed by atoms with E-state index in [0.29, 0.717) is 17.7 Å². The molecule has 0 spiro atoms. The molecule has 2 nitrogen and oxygen atoms in total. The van der Waals surface area contributed by atoms with Gasteiger partial charge >= 0.3 is 6.18 Å². The minimum absolute atomic E-state index is 0.299. The zero-order valence-corrected chi connectivity index (χ0v) is 11.4. The summed E-state index contributed by atoms with van der Waals surface area (Å²) >= 11 is 0. The number of phenolic OH excluding ortho intramolecular Hbond substituents is 1. The number of halogens is 5. The van der Waals surface area contributed by atoms with Gasteiger partial charge in [0.2, 0.25) is 0 Å². The summed E-state index contributed by atoms with van der Waals surface area (Å²) in [6.45, 7) is 0. The molecule has 0 saturated carbocycles. The number of benzene rings is 2. The molecule has 0 aliphatic carbocycles. The van der Waals surface area contributed by atoms with Gasteiger partial charge in [0.1, 0.15) is 5.75 Å². The highest BCUT2D eigenvalue weighted by Gasteiger charge is 2.29. The second kappa shape index (κ2) is 6.20. The van der Waals surface area contributed by atoms with Crippen molar-refractivity contribution in [3.05, 3.63) is 70.8 Å². The van der Waals surface area contributed by atoms with Crippen LogP contribution >= 0.6 is 0 Å². The lowest BCUT2D eigenvalue weighted by Gasteiger charge is -2.06. The van der Waals surface area contributed by atoms with Crippen molar-refractivity contribution in [3.8, 4) is 5.75 Å². The summed E-state index contributed by atoms with van der Waals surface area (Å²) in [4.78, 5) is 11.8. The Morgan fingerprint density at radius 2 is 1.57 bits per heavy atom. The Labute approximate surface area is 127 Å². The molecular formula is C16H9F5O2. The van der Waals surface area contributed by atoms with Crippen molar-refractivity contribution in [2.45, 2.75) is 6.18 Å². The van der Waals surface area contributed by atoms with Gasteiger partial charge in [-0.05, 0) is 29.8 Å². The fourth-order valence-electron chi connectivity index (χ4n) is 1.78. The van der Waals surface area contributed by atoms with Crippen LogP contribution in [0.4, 0.5) is 22.0 Å². The molecule has 0 amide bonds. The van der Waals surface area contributed by atoms with Crippen LogP contribution < -0.4 is 0 Å². The highest BCUT2D eigenvalue weighted by Crippen LogP contribution is 2.29. The molecule has 0 aromatic heterocycles. The van der Waals surface area contributed by atoms with Crippen LogP contribution in [0.3, 0.4) is 0 Å². The Bertz CT molecular complexity index is 761. The maximum Gasteiger partial charge on any atom is 0.416 e. The van der Waals surface area contributed by atoms with Gasteiger partial charge in [-0.25, -0.2) is 8.78 Å². The van der Waals surface area contributed by atoms with E-state index in [-0.39, 0.29) is 0 Å². The predicted octanol–water partition coefficient (Wildman–Crippen LogP) is 4.59. The summed E-state index contributed by atoms with van der Waals surface area (Å²) in [6.07, 6.45) is -2.33. The standard InChI is InChI=1S/C16H9F5O2/c17-12-7-11(15(23)8-13(12)18)14(22)6-3-9-1-4-10(5-2-9)16(19,20)21/h1-8,23H. The number of allylic oxidation sites excluding steroid dienone is 1. The van der Waals surface area contributed by atoms with E-state index in [1.165, 1.54) is 6.08 Å². The van der Waals surface area contributed by atoms with E-state index in [2.05, 4.69) is 0 Å². The largest absolute Gasteiger partial charge is 0.507 e. The minimum Gasteiger partial charge on any atom is -0.507 e. The number of carbonyl (C=O) groups is 1. The summed E-state index contributed by atoms with van der Waals surface area (Å²) < 4.78 is 63.1. The van der Waals surface area contributed by atoms with Crippen molar-refractivity contribution in [1.29, 1.82) is 0 Å². The number of rotatable bonds is 3. The Kier molecular flexibility index (Phi) is 4.49. The molecule has 7 heteroatoms. The van der Waals surface area contributed by atoms with Gasteiger partial charge in [-0.1, -0.05) is 18.2 Å². The van der Waals surface area contributed by atoms with Crippen LogP contribution in [-0.2, 0) is 6.18 Å². The molecule has 1 N–H and O–H groups in total. The van der Waals surface area contributed by atoms with Crippen LogP contribution in [0.1, 0.15) is 21.5 Å². The van der Waals surface area contributed by atoms with Crippen LogP contribution in [0.15, 0.2) is 42.5 Å². The highest BCUT2D eigenvalue weighted by molar-refractivity contribution is 6.08.